The largest absolute Gasteiger partial charge is 0.479 e. The molecule has 0 spiro atoms. The van der Waals surface area contributed by atoms with Gasteiger partial charge in [0.25, 0.3) is 0 Å². The Kier molecular flexibility index (Phi) is 49.9. The molecule has 1 aliphatic rings. The van der Waals surface area contributed by atoms with Crippen LogP contribution in [-0.4, -0.2) is 89.2 Å². The molecule has 1 fully saturated rings. The summed E-state index contributed by atoms with van der Waals surface area (Å²) in [5.74, 6) is -3.30. The second-order valence-electron chi connectivity index (χ2n) is 21.0. The van der Waals surface area contributed by atoms with Crippen molar-refractivity contribution in [1.29, 1.82) is 0 Å². The van der Waals surface area contributed by atoms with E-state index in [-0.39, 0.29) is 25.9 Å². The number of hydrogen-bond acceptors (Lipinski definition) is 11. The van der Waals surface area contributed by atoms with Gasteiger partial charge >= 0.3 is 23.9 Å². The molecule has 6 unspecified atom stereocenters. The fourth-order valence-electron chi connectivity index (χ4n) is 8.88. The van der Waals surface area contributed by atoms with Gasteiger partial charge in [0, 0.05) is 12.8 Å². The molecule has 0 aromatic carbocycles. The number of aliphatic hydroxyl groups is 2. The number of unbranched alkanes of at least 4 members (excludes halogenated alkanes) is 23. The molecule has 12 heteroatoms. The average molecular weight is 1110 g/mol. The lowest BCUT2D eigenvalue weighted by Crippen LogP contribution is -2.61. The molecular formula is C67H110O12. The first-order chi connectivity index (χ1) is 38.6. The number of aliphatic hydroxyl groups excluding tert-OH is 2. The second kappa shape index (κ2) is 54.2. The number of ether oxygens (including phenoxy) is 5. The van der Waals surface area contributed by atoms with Gasteiger partial charge in [-0.3, -0.25) is 14.4 Å². The number of carbonyl (C=O) groups excluding carboxylic acids is 3. The molecule has 1 saturated heterocycles. The monoisotopic (exact) mass is 1110 g/mol. The predicted octanol–water partition coefficient (Wildman–Crippen LogP) is 16.5. The van der Waals surface area contributed by atoms with Crippen molar-refractivity contribution in [1.82, 2.24) is 0 Å². The molecule has 1 heterocycles. The van der Waals surface area contributed by atoms with Crippen LogP contribution in [0.25, 0.3) is 0 Å². The van der Waals surface area contributed by atoms with E-state index in [9.17, 15) is 34.5 Å². The van der Waals surface area contributed by atoms with E-state index >= 15 is 0 Å². The Labute approximate surface area is 479 Å². The Balaban J connectivity index is 2.73. The van der Waals surface area contributed by atoms with Crippen LogP contribution in [0.2, 0.25) is 0 Å². The summed E-state index contributed by atoms with van der Waals surface area (Å²) in [5.41, 5.74) is 0. The number of carboxylic acid groups (broad SMARTS) is 1. The number of allylic oxidation sites excluding steroid dienone is 15. The van der Waals surface area contributed by atoms with Gasteiger partial charge in [0.15, 0.2) is 24.6 Å². The van der Waals surface area contributed by atoms with E-state index in [0.29, 0.717) is 19.3 Å². The molecule has 0 bridgehead atoms. The lowest BCUT2D eigenvalue weighted by atomic mass is 9.98. The van der Waals surface area contributed by atoms with Crippen molar-refractivity contribution in [2.24, 2.45) is 0 Å². The van der Waals surface area contributed by atoms with Gasteiger partial charge in [0.2, 0.25) is 0 Å². The number of esters is 3. The summed E-state index contributed by atoms with van der Waals surface area (Å²) in [6.07, 6.45) is 59.6. The minimum atomic E-state index is -1.94. The van der Waals surface area contributed by atoms with Crippen LogP contribution in [0.3, 0.4) is 0 Å². The molecule has 0 aromatic rings. The van der Waals surface area contributed by atoms with E-state index in [2.05, 4.69) is 93.7 Å². The minimum Gasteiger partial charge on any atom is -0.479 e. The number of rotatable bonds is 52. The second-order valence-corrected chi connectivity index (χ2v) is 21.0. The Bertz CT molecular complexity index is 1740. The summed E-state index contributed by atoms with van der Waals surface area (Å²) in [5, 5.41) is 31.5. The highest BCUT2D eigenvalue weighted by Crippen LogP contribution is 2.26. The lowest BCUT2D eigenvalue weighted by molar-refractivity contribution is -0.301. The molecule has 0 aromatic heterocycles. The summed E-state index contributed by atoms with van der Waals surface area (Å²) < 4.78 is 28.3. The number of carbonyl (C=O) groups is 4. The Morgan fingerprint density at radius 1 is 0.443 bits per heavy atom. The Hall–Kier alpha value is -4.36. The van der Waals surface area contributed by atoms with Crippen LogP contribution in [0, 0.1) is 0 Å². The highest BCUT2D eigenvalue weighted by molar-refractivity contribution is 5.74. The first-order valence-electron chi connectivity index (χ1n) is 31.2. The van der Waals surface area contributed by atoms with Gasteiger partial charge in [-0.1, -0.05) is 227 Å². The van der Waals surface area contributed by atoms with Crippen LogP contribution in [-0.2, 0) is 42.9 Å². The minimum absolute atomic E-state index is 0.142. The van der Waals surface area contributed by atoms with Crippen LogP contribution < -0.4 is 0 Å². The zero-order valence-electron chi connectivity index (χ0n) is 49.6. The van der Waals surface area contributed by atoms with E-state index in [1.165, 1.54) is 96.3 Å². The van der Waals surface area contributed by atoms with Crippen molar-refractivity contribution in [3.63, 3.8) is 0 Å². The predicted molar refractivity (Wildman–Crippen MR) is 321 cm³/mol. The SMILES string of the molecule is CC/C=C\C/C=C\C/C=C\C/C=C\C/C=C\CC(=O)OC1C(OCC(COC(=O)CCCCCCCCC/C=C\C/C=C\CCCCC)OC(=O)CCCCCCCCC/C=C\CCCCCCCC)OC(C(=O)O)C(O)C1O. The van der Waals surface area contributed by atoms with Gasteiger partial charge in [-0.15, -0.1) is 0 Å². The van der Waals surface area contributed by atoms with Gasteiger partial charge in [0.1, 0.15) is 18.8 Å². The first-order valence-corrected chi connectivity index (χ1v) is 31.2. The normalized spacial score (nSPS) is 18.5. The molecule has 0 aliphatic carbocycles. The van der Waals surface area contributed by atoms with Crippen molar-refractivity contribution in [2.75, 3.05) is 13.2 Å². The fraction of sp³-hybridized carbons (Fsp3) is 0.701. The summed E-state index contributed by atoms with van der Waals surface area (Å²) in [6, 6.07) is 0. The molecule has 0 amide bonds. The Morgan fingerprint density at radius 3 is 1.32 bits per heavy atom. The average Bonchev–Trinajstić information content (AvgIpc) is 3.43. The molecule has 1 aliphatic heterocycles. The molecule has 1 rings (SSSR count). The molecule has 79 heavy (non-hydrogen) atoms. The van der Waals surface area contributed by atoms with Crippen LogP contribution in [0.4, 0.5) is 0 Å². The molecule has 0 radical (unpaired) electrons. The van der Waals surface area contributed by atoms with Gasteiger partial charge in [0.05, 0.1) is 13.0 Å². The van der Waals surface area contributed by atoms with Crippen LogP contribution in [0.15, 0.2) is 97.2 Å². The highest BCUT2D eigenvalue weighted by atomic mass is 16.7. The van der Waals surface area contributed by atoms with E-state index in [4.69, 9.17) is 23.7 Å². The lowest BCUT2D eigenvalue weighted by Gasteiger charge is -2.40. The van der Waals surface area contributed by atoms with Crippen LogP contribution in [0.1, 0.15) is 252 Å². The zero-order chi connectivity index (χ0) is 57.5. The third kappa shape index (κ3) is 44.0. The fourth-order valence-corrected chi connectivity index (χ4v) is 8.88. The van der Waals surface area contributed by atoms with Gasteiger partial charge in [-0.05, 0) is 103 Å². The van der Waals surface area contributed by atoms with Crippen molar-refractivity contribution in [3.05, 3.63) is 97.2 Å². The molecule has 6 atom stereocenters. The Morgan fingerprint density at radius 2 is 0.835 bits per heavy atom. The van der Waals surface area contributed by atoms with Crippen molar-refractivity contribution in [2.45, 2.75) is 289 Å². The summed E-state index contributed by atoms with van der Waals surface area (Å²) >= 11 is 0. The van der Waals surface area contributed by atoms with E-state index in [0.717, 1.165) is 96.3 Å². The van der Waals surface area contributed by atoms with Gasteiger partial charge < -0.3 is 39.0 Å². The summed E-state index contributed by atoms with van der Waals surface area (Å²) in [6.45, 7) is 5.81. The topological polar surface area (TPSA) is 175 Å². The molecule has 3 N–H and O–H groups in total. The summed E-state index contributed by atoms with van der Waals surface area (Å²) in [7, 11) is 0. The molecule has 450 valence electrons. The smallest absolute Gasteiger partial charge is 0.335 e. The highest BCUT2D eigenvalue weighted by Gasteiger charge is 2.50. The van der Waals surface area contributed by atoms with Crippen LogP contribution >= 0.6 is 0 Å². The zero-order valence-corrected chi connectivity index (χ0v) is 49.6. The third-order valence-corrected chi connectivity index (χ3v) is 13.6. The van der Waals surface area contributed by atoms with E-state index in [1.807, 2.05) is 12.2 Å². The van der Waals surface area contributed by atoms with E-state index in [1.54, 1.807) is 12.2 Å². The van der Waals surface area contributed by atoms with Crippen LogP contribution in [0.5, 0.6) is 0 Å². The molecular weight excluding hydrogens is 997 g/mol. The maximum absolute atomic E-state index is 13.2. The standard InChI is InChI=1S/C67H110O12/c1-4-7-10-13-16-19-22-25-28-30-33-35-38-41-44-47-50-53-59(68)75-56-58(77-60(69)54-51-48-45-42-39-37-34-31-29-26-23-20-17-14-11-8-5-2)57-76-67-65(63(72)62(71)64(79-67)66(73)74)78-61(70)55-52-49-46-43-40-36-32-27-24-21-18-15-12-9-6-3/h9,12,16,18-19,21,25-29,32,40,43,49,52,58,62-65,67,71-72H,4-8,10-11,13-15,17,20,22-24,30-31,33-39,41-42,44-48,50-51,53-57H2,1-3H3,(H,73,74)/b12-9-,19-16-,21-18-,28-25-,29-26-,32-27-,43-40-,52-49-. The van der Waals surface area contributed by atoms with E-state index < -0.39 is 67.3 Å². The molecule has 0 saturated carbocycles. The maximum Gasteiger partial charge on any atom is 0.335 e. The number of carboxylic acids is 1. The van der Waals surface area contributed by atoms with Gasteiger partial charge in [-0.2, -0.15) is 0 Å². The number of aliphatic carboxylic acids is 1. The number of hydrogen-bond donors (Lipinski definition) is 3. The first kappa shape index (κ1) is 72.7. The summed E-state index contributed by atoms with van der Waals surface area (Å²) in [4.78, 5) is 51.2. The van der Waals surface area contributed by atoms with Crippen molar-refractivity contribution in [3.8, 4) is 0 Å². The quantitative estimate of drug-likeness (QED) is 0.0228. The van der Waals surface area contributed by atoms with Crippen molar-refractivity contribution >= 4 is 23.9 Å². The third-order valence-electron chi connectivity index (χ3n) is 13.6. The molecule has 12 nitrogen and oxygen atoms in total. The van der Waals surface area contributed by atoms with Crippen molar-refractivity contribution < 1.29 is 58.2 Å². The van der Waals surface area contributed by atoms with Gasteiger partial charge in [-0.25, -0.2) is 4.79 Å². The maximum atomic E-state index is 13.2.